The summed E-state index contributed by atoms with van der Waals surface area (Å²) in [6, 6.07) is 6.96. The first-order chi connectivity index (χ1) is 12.5. The second-order valence-corrected chi connectivity index (χ2v) is 7.34. The van der Waals surface area contributed by atoms with Crippen molar-refractivity contribution in [2.45, 2.75) is 19.8 Å². The van der Waals surface area contributed by atoms with Gasteiger partial charge >= 0.3 is 0 Å². The van der Waals surface area contributed by atoms with E-state index in [0.29, 0.717) is 62.7 Å². The van der Waals surface area contributed by atoms with Gasteiger partial charge in [-0.3, -0.25) is 14.4 Å². The Morgan fingerprint density at radius 2 is 1.54 bits per heavy atom. The molecule has 0 atom stereocenters. The maximum atomic E-state index is 12.7. The van der Waals surface area contributed by atoms with Gasteiger partial charge in [0.05, 0.1) is 0 Å². The number of rotatable bonds is 2. The average Bonchev–Trinajstić information content (AvgIpc) is 2.67. The van der Waals surface area contributed by atoms with E-state index in [1.165, 1.54) is 0 Å². The molecule has 1 aromatic rings. The van der Waals surface area contributed by atoms with Gasteiger partial charge in [-0.15, -0.1) is 0 Å². The Hall–Kier alpha value is -2.08. The minimum absolute atomic E-state index is 0.0338. The third kappa shape index (κ3) is 4.18. The van der Waals surface area contributed by atoms with Crippen molar-refractivity contribution in [1.29, 1.82) is 0 Å². The molecule has 0 N–H and O–H groups in total. The lowest BCUT2D eigenvalue weighted by Gasteiger charge is -2.38. The van der Waals surface area contributed by atoms with E-state index in [9.17, 15) is 14.4 Å². The predicted octanol–water partition coefficient (Wildman–Crippen LogP) is 1.88. The van der Waals surface area contributed by atoms with Crippen molar-refractivity contribution < 1.29 is 14.4 Å². The number of likely N-dealkylation sites (tertiary alicyclic amines) is 1. The molecule has 0 saturated carbocycles. The fraction of sp³-hybridized carbons (Fsp3) is 0.526. The smallest absolute Gasteiger partial charge is 0.253 e. The molecule has 0 unspecified atom stereocenters. The van der Waals surface area contributed by atoms with Crippen LogP contribution in [0.2, 0.25) is 5.02 Å². The lowest BCUT2D eigenvalue weighted by molar-refractivity contribution is -0.142. The van der Waals surface area contributed by atoms with Gasteiger partial charge in [-0.05, 0) is 31.0 Å². The van der Waals surface area contributed by atoms with E-state index in [1.807, 2.05) is 4.90 Å². The van der Waals surface area contributed by atoms with Crippen molar-refractivity contribution in [3.63, 3.8) is 0 Å². The highest BCUT2D eigenvalue weighted by atomic mass is 35.5. The summed E-state index contributed by atoms with van der Waals surface area (Å²) in [5, 5.41) is 0.547. The van der Waals surface area contributed by atoms with Crippen LogP contribution in [0.4, 0.5) is 0 Å². The first-order valence-corrected chi connectivity index (χ1v) is 9.42. The Labute approximate surface area is 158 Å². The summed E-state index contributed by atoms with van der Waals surface area (Å²) in [7, 11) is 0. The maximum absolute atomic E-state index is 12.7. The van der Waals surface area contributed by atoms with E-state index < -0.39 is 0 Å². The Morgan fingerprint density at radius 3 is 2.12 bits per heavy atom. The Balaban J connectivity index is 1.51. The van der Waals surface area contributed by atoms with Crippen LogP contribution in [0.3, 0.4) is 0 Å². The maximum Gasteiger partial charge on any atom is 0.253 e. The van der Waals surface area contributed by atoms with Gasteiger partial charge in [0, 0.05) is 62.7 Å². The SMILES string of the molecule is CC(=O)N1CCN(C(=O)C2CCN(C(=O)c3cccc(Cl)c3)CC2)CC1. The number of carbonyl (C=O) groups excluding carboxylic acids is 3. The number of piperazine rings is 1. The van der Waals surface area contributed by atoms with Gasteiger partial charge in [-0.1, -0.05) is 17.7 Å². The first-order valence-electron chi connectivity index (χ1n) is 9.05. The molecule has 0 aliphatic carbocycles. The zero-order chi connectivity index (χ0) is 18.7. The normalized spacial score (nSPS) is 18.8. The standard InChI is InChI=1S/C19H24ClN3O3/c1-14(24)21-9-11-23(12-10-21)18(25)15-5-7-22(8-6-15)19(26)16-3-2-4-17(20)13-16/h2-4,13,15H,5-12H2,1H3. The number of halogens is 1. The predicted molar refractivity (Wildman–Crippen MR) is 98.9 cm³/mol. The van der Waals surface area contributed by atoms with E-state index in [2.05, 4.69) is 0 Å². The molecule has 2 aliphatic rings. The Morgan fingerprint density at radius 1 is 0.923 bits per heavy atom. The zero-order valence-corrected chi connectivity index (χ0v) is 15.7. The molecule has 6 nitrogen and oxygen atoms in total. The van der Waals surface area contributed by atoms with Crippen molar-refractivity contribution in [3.05, 3.63) is 34.9 Å². The highest BCUT2D eigenvalue weighted by molar-refractivity contribution is 6.30. The van der Waals surface area contributed by atoms with Crippen molar-refractivity contribution >= 4 is 29.3 Å². The quantitative estimate of drug-likeness (QED) is 0.790. The van der Waals surface area contributed by atoms with Gasteiger partial charge in [0.25, 0.3) is 5.91 Å². The van der Waals surface area contributed by atoms with Crippen LogP contribution in [0.15, 0.2) is 24.3 Å². The molecule has 3 amide bonds. The summed E-state index contributed by atoms with van der Waals surface area (Å²) >= 11 is 5.96. The van der Waals surface area contributed by atoms with Crippen LogP contribution in [0.1, 0.15) is 30.1 Å². The molecule has 2 saturated heterocycles. The number of hydrogen-bond acceptors (Lipinski definition) is 3. The van der Waals surface area contributed by atoms with E-state index >= 15 is 0 Å². The Bertz CT molecular complexity index is 693. The number of carbonyl (C=O) groups is 3. The molecule has 7 heteroatoms. The monoisotopic (exact) mass is 377 g/mol. The summed E-state index contributed by atoms with van der Waals surface area (Å²) in [5.74, 6) is 0.142. The molecule has 1 aromatic carbocycles. The van der Waals surface area contributed by atoms with Crippen molar-refractivity contribution in [1.82, 2.24) is 14.7 Å². The Kier molecular flexibility index (Phi) is 5.81. The number of piperidine rings is 1. The lowest BCUT2D eigenvalue weighted by Crippen LogP contribution is -2.52. The van der Waals surface area contributed by atoms with E-state index in [4.69, 9.17) is 11.6 Å². The number of nitrogens with zero attached hydrogens (tertiary/aromatic N) is 3. The third-order valence-corrected chi connectivity index (χ3v) is 5.47. The molecular weight excluding hydrogens is 354 g/mol. The molecule has 2 fully saturated rings. The minimum atomic E-state index is -0.0395. The summed E-state index contributed by atoms with van der Waals surface area (Å²) in [6.07, 6.45) is 1.36. The fourth-order valence-electron chi connectivity index (χ4n) is 3.63. The lowest BCUT2D eigenvalue weighted by atomic mass is 9.94. The summed E-state index contributed by atoms with van der Waals surface area (Å²) in [6.45, 7) is 5.12. The topological polar surface area (TPSA) is 60.9 Å². The zero-order valence-electron chi connectivity index (χ0n) is 15.0. The van der Waals surface area contributed by atoms with Crippen molar-refractivity contribution in [3.8, 4) is 0 Å². The van der Waals surface area contributed by atoms with Crippen LogP contribution in [0.5, 0.6) is 0 Å². The van der Waals surface area contributed by atoms with E-state index in [0.717, 1.165) is 0 Å². The van der Waals surface area contributed by atoms with Gasteiger partial charge in [0.2, 0.25) is 11.8 Å². The van der Waals surface area contributed by atoms with Crippen LogP contribution in [0.25, 0.3) is 0 Å². The summed E-state index contributed by atoms with van der Waals surface area (Å²) in [5.41, 5.74) is 0.586. The van der Waals surface area contributed by atoms with Crippen molar-refractivity contribution in [2.75, 3.05) is 39.3 Å². The molecule has 0 bridgehead atoms. The average molecular weight is 378 g/mol. The largest absolute Gasteiger partial charge is 0.339 e. The van der Waals surface area contributed by atoms with Crippen LogP contribution >= 0.6 is 11.6 Å². The van der Waals surface area contributed by atoms with Gasteiger partial charge in [0.15, 0.2) is 0 Å². The van der Waals surface area contributed by atoms with Gasteiger partial charge < -0.3 is 14.7 Å². The summed E-state index contributed by atoms with van der Waals surface area (Å²) in [4.78, 5) is 42.1. The number of hydrogen-bond donors (Lipinski definition) is 0. The first kappa shape index (κ1) is 18.7. The van der Waals surface area contributed by atoms with E-state index in [-0.39, 0.29) is 23.6 Å². The molecule has 0 aromatic heterocycles. The molecule has 26 heavy (non-hydrogen) atoms. The second kappa shape index (κ2) is 8.08. The van der Waals surface area contributed by atoms with Crippen LogP contribution in [-0.2, 0) is 9.59 Å². The molecule has 3 rings (SSSR count). The molecule has 140 valence electrons. The summed E-state index contributed by atoms with van der Waals surface area (Å²) < 4.78 is 0. The van der Waals surface area contributed by atoms with Gasteiger partial charge in [-0.2, -0.15) is 0 Å². The van der Waals surface area contributed by atoms with Crippen molar-refractivity contribution in [2.24, 2.45) is 5.92 Å². The second-order valence-electron chi connectivity index (χ2n) is 6.91. The highest BCUT2D eigenvalue weighted by Crippen LogP contribution is 2.22. The third-order valence-electron chi connectivity index (χ3n) is 5.24. The molecule has 2 heterocycles. The van der Waals surface area contributed by atoms with Gasteiger partial charge in [0.1, 0.15) is 0 Å². The molecule has 0 spiro atoms. The number of amides is 3. The molecule has 0 radical (unpaired) electrons. The number of benzene rings is 1. The van der Waals surface area contributed by atoms with Crippen LogP contribution in [0, 0.1) is 5.92 Å². The van der Waals surface area contributed by atoms with Crippen LogP contribution < -0.4 is 0 Å². The van der Waals surface area contributed by atoms with E-state index in [1.54, 1.807) is 41.0 Å². The van der Waals surface area contributed by atoms with Crippen LogP contribution in [-0.4, -0.2) is 71.7 Å². The fourth-order valence-corrected chi connectivity index (χ4v) is 3.82. The molecule has 2 aliphatic heterocycles. The minimum Gasteiger partial charge on any atom is -0.339 e. The van der Waals surface area contributed by atoms with Gasteiger partial charge in [-0.25, -0.2) is 0 Å². The molecular formula is C19H24ClN3O3. The highest BCUT2D eigenvalue weighted by Gasteiger charge is 2.32.